The summed E-state index contributed by atoms with van der Waals surface area (Å²) in [6.45, 7) is 6.60. The SMILES string of the molecule is CCCC1(C)CN=C(Cc2ccccc2)NC1. The van der Waals surface area contributed by atoms with Gasteiger partial charge < -0.3 is 5.32 Å². The Morgan fingerprint density at radius 3 is 2.65 bits per heavy atom. The van der Waals surface area contributed by atoms with Crippen molar-refractivity contribution in [3.8, 4) is 0 Å². The van der Waals surface area contributed by atoms with Gasteiger partial charge in [-0.1, -0.05) is 50.6 Å². The third-order valence-electron chi connectivity index (χ3n) is 3.44. The first-order chi connectivity index (χ1) is 8.22. The number of hydrogen-bond acceptors (Lipinski definition) is 2. The van der Waals surface area contributed by atoms with Crippen LogP contribution < -0.4 is 5.32 Å². The van der Waals surface area contributed by atoms with Crippen LogP contribution in [0.15, 0.2) is 35.3 Å². The van der Waals surface area contributed by atoms with E-state index in [2.05, 4.69) is 49.5 Å². The fourth-order valence-electron chi connectivity index (χ4n) is 2.39. The number of rotatable bonds is 4. The Bertz CT molecular complexity index is 383. The molecule has 2 heteroatoms. The van der Waals surface area contributed by atoms with Gasteiger partial charge in [-0.15, -0.1) is 0 Å². The number of hydrogen-bond donors (Lipinski definition) is 1. The van der Waals surface area contributed by atoms with Gasteiger partial charge in [0.2, 0.25) is 0 Å². The lowest BCUT2D eigenvalue weighted by Gasteiger charge is -2.33. The van der Waals surface area contributed by atoms with Crippen LogP contribution in [0.1, 0.15) is 32.3 Å². The number of amidine groups is 1. The molecule has 0 radical (unpaired) electrons. The van der Waals surface area contributed by atoms with Crippen LogP contribution >= 0.6 is 0 Å². The van der Waals surface area contributed by atoms with Crippen LogP contribution in [0.3, 0.4) is 0 Å². The van der Waals surface area contributed by atoms with Gasteiger partial charge in [0.15, 0.2) is 0 Å². The highest BCUT2D eigenvalue weighted by molar-refractivity contribution is 5.85. The average Bonchev–Trinajstić information content (AvgIpc) is 2.34. The summed E-state index contributed by atoms with van der Waals surface area (Å²) in [5, 5.41) is 3.49. The average molecular weight is 230 g/mol. The lowest BCUT2D eigenvalue weighted by molar-refractivity contribution is 0.293. The van der Waals surface area contributed by atoms with E-state index in [-0.39, 0.29) is 0 Å². The highest BCUT2D eigenvalue weighted by atomic mass is 15.0. The molecule has 0 amide bonds. The molecule has 0 aromatic heterocycles. The molecule has 1 atom stereocenters. The first-order valence-corrected chi connectivity index (χ1v) is 6.53. The van der Waals surface area contributed by atoms with E-state index in [1.54, 1.807) is 0 Å². The molecule has 1 aromatic carbocycles. The molecule has 1 aliphatic heterocycles. The third kappa shape index (κ3) is 3.32. The molecule has 0 fully saturated rings. The van der Waals surface area contributed by atoms with E-state index in [4.69, 9.17) is 4.99 Å². The molecular formula is C15H22N2. The Morgan fingerprint density at radius 1 is 1.29 bits per heavy atom. The van der Waals surface area contributed by atoms with E-state index in [1.165, 1.54) is 18.4 Å². The Labute approximate surface area is 104 Å². The van der Waals surface area contributed by atoms with Gasteiger partial charge in [0, 0.05) is 24.9 Å². The number of aliphatic imine (C=N–C) groups is 1. The summed E-state index contributed by atoms with van der Waals surface area (Å²) in [6, 6.07) is 10.5. The predicted molar refractivity (Wildman–Crippen MR) is 73.5 cm³/mol. The molecule has 2 nitrogen and oxygen atoms in total. The predicted octanol–water partition coefficient (Wildman–Crippen LogP) is 3.04. The lowest BCUT2D eigenvalue weighted by atomic mass is 9.84. The monoisotopic (exact) mass is 230 g/mol. The lowest BCUT2D eigenvalue weighted by Crippen LogP contribution is -2.43. The normalized spacial score (nSPS) is 24.0. The molecule has 1 heterocycles. The summed E-state index contributed by atoms with van der Waals surface area (Å²) in [7, 11) is 0. The smallest absolute Gasteiger partial charge is 0.101 e. The Hall–Kier alpha value is -1.31. The quantitative estimate of drug-likeness (QED) is 0.844. The zero-order valence-corrected chi connectivity index (χ0v) is 10.9. The van der Waals surface area contributed by atoms with Crippen LogP contribution in [-0.4, -0.2) is 18.9 Å². The summed E-state index contributed by atoms with van der Waals surface area (Å²) in [4.78, 5) is 4.70. The summed E-state index contributed by atoms with van der Waals surface area (Å²) in [5.41, 5.74) is 1.69. The van der Waals surface area contributed by atoms with Gasteiger partial charge in [0.05, 0.1) is 0 Å². The summed E-state index contributed by atoms with van der Waals surface area (Å²) >= 11 is 0. The van der Waals surface area contributed by atoms with Crippen molar-refractivity contribution >= 4 is 5.84 Å². The fraction of sp³-hybridized carbons (Fsp3) is 0.533. The van der Waals surface area contributed by atoms with E-state index in [9.17, 15) is 0 Å². The second kappa shape index (κ2) is 5.35. The van der Waals surface area contributed by atoms with Crippen molar-refractivity contribution in [1.29, 1.82) is 0 Å². The highest BCUT2D eigenvalue weighted by Gasteiger charge is 2.26. The van der Waals surface area contributed by atoms with Crippen molar-refractivity contribution in [3.63, 3.8) is 0 Å². The van der Waals surface area contributed by atoms with Crippen LogP contribution in [0.25, 0.3) is 0 Å². The van der Waals surface area contributed by atoms with Gasteiger partial charge in [0.25, 0.3) is 0 Å². The number of nitrogens with zero attached hydrogens (tertiary/aromatic N) is 1. The molecule has 2 rings (SSSR count). The topological polar surface area (TPSA) is 24.4 Å². The van der Waals surface area contributed by atoms with Gasteiger partial charge in [-0.05, 0) is 12.0 Å². The molecule has 1 aliphatic rings. The molecule has 0 bridgehead atoms. The van der Waals surface area contributed by atoms with Gasteiger partial charge in [-0.25, -0.2) is 0 Å². The van der Waals surface area contributed by atoms with Gasteiger partial charge in [-0.3, -0.25) is 4.99 Å². The molecule has 1 aromatic rings. The zero-order chi connectivity index (χ0) is 12.1. The molecule has 0 saturated carbocycles. The maximum Gasteiger partial charge on any atom is 0.101 e. The van der Waals surface area contributed by atoms with E-state index in [1.807, 2.05) is 0 Å². The second-order valence-corrected chi connectivity index (χ2v) is 5.34. The fourth-order valence-corrected chi connectivity index (χ4v) is 2.39. The van der Waals surface area contributed by atoms with Crippen LogP contribution in [0, 0.1) is 5.41 Å². The second-order valence-electron chi connectivity index (χ2n) is 5.34. The number of benzene rings is 1. The minimum atomic E-state index is 0.356. The Kier molecular flexibility index (Phi) is 3.82. The first-order valence-electron chi connectivity index (χ1n) is 6.53. The van der Waals surface area contributed by atoms with Crippen molar-refractivity contribution in [1.82, 2.24) is 5.32 Å². The largest absolute Gasteiger partial charge is 0.373 e. The van der Waals surface area contributed by atoms with E-state index < -0.39 is 0 Å². The Balaban J connectivity index is 1.95. The molecule has 0 saturated heterocycles. The molecule has 1 N–H and O–H groups in total. The van der Waals surface area contributed by atoms with Gasteiger partial charge in [-0.2, -0.15) is 0 Å². The van der Waals surface area contributed by atoms with Crippen molar-refractivity contribution in [2.24, 2.45) is 10.4 Å². The molecule has 1 unspecified atom stereocenters. The molecular weight excluding hydrogens is 208 g/mol. The molecule has 0 aliphatic carbocycles. The maximum absolute atomic E-state index is 4.70. The van der Waals surface area contributed by atoms with Gasteiger partial charge in [0.1, 0.15) is 5.84 Å². The summed E-state index contributed by atoms with van der Waals surface area (Å²) < 4.78 is 0. The number of nitrogens with one attached hydrogen (secondary N) is 1. The van der Waals surface area contributed by atoms with Crippen molar-refractivity contribution in [2.45, 2.75) is 33.1 Å². The molecule has 17 heavy (non-hydrogen) atoms. The van der Waals surface area contributed by atoms with Crippen LogP contribution in [0.5, 0.6) is 0 Å². The molecule has 0 spiro atoms. The summed E-state index contributed by atoms with van der Waals surface area (Å²) in [5.74, 6) is 1.14. The third-order valence-corrected chi connectivity index (χ3v) is 3.44. The standard InChI is InChI=1S/C15H22N2/c1-3-9-15(2)11-16-14(17-12-15)10-13-7-5-4-6-8-13/h4-8H,3,9-12H2,1-2H3,(H,16,17). The first kappa shape index (κ1) is 12.2. The van der Waals surface area contributed by atoms with Crippen LogP contribution in [-0.2, 0) is 6.42 Å². The molecule has 92 valence electrons. The van der Waals surface area contributed by atoms with Crippen molar-refractivity contribution < 1.29 is 0 Å². The van der Waals surface area contributed by atoms with Crippen molar-refractivity contribution in [2.75, 3.05) is 13.1 Å². The van der Waals surface area contributed by atoms with Crippen LogP contribution in [0.4, 0.5) is 0 Å². The van der Waals surface area contributed by atoms with E-state index in [0.717, 1.165) is 25.3 Å². The van der Waals surface area contributed by atoms with Gasteiger partial charge >= 0.3 is 0 Å². The highest BCUT2D eigenvalue weighted by Crippen LogP contribution is 2.25. The zero-order valence-electron chi connectivity index (χ0n) is 10.9. The van der Waals surface area contributed by atoms with Crippen LogP contribution in [0.2, 0.25) is 0 Å². The Morgan fingerprint density at radius 2 is 2.06 bits per heavy atom. The van der Waals surface area contributed by atoms with Crippen molar-refractivity contribution in [3.05, 3.63) is 35.9 Å². The van der Waals surface area contributed by atoms with E-state index >= 15 is 0 Å². The minimum Gasteiger partial charge on any atom is -0.373 e. The minimum absolute atomic E-state index is 0.356. The van der Waals surface area contributed by atoms with E-state index in [0.29, 0.717) is 5.41 Å². The summed E-state index contributed by atoms with van der Waals surface area (Å²) in [6.07, 6.45) is 3.42. The maximum atomic E-state index is 4.70.